The van der Waals surface area contributed by atoms with Crippen LogP contribution in [0.1, 0.15) is 23.6 Å². The van der Waals surface area contributed by atoms with Crippen molar-refractivity contribution < 1.29 is 9.53 Å². The van der Waals surface area contributed by atoms with Crippen LogP contribution in [0.15, 0.2) is 66.7 Å². The number of pyridine rings is 1. The number of nitriles is 1. The number of carbonyl (C=O) groups excluding carboxylic acids is 1. The van der Waals surface area contributed by atoms with E-state index in [1.54, 1.807) is 6.07 Å². The number of rotatable bonds is 7. The molecule has 0 fully saturated rings. The van der Waals surface area contributed by atoms with Crippen LogP contribution in [0, 0.1) is 11.3 Å². The molecule has 3 aromatic rings. The highest BCUT2D eigenvalue weighted by atomic mass is 16.5. The van der Waals surface area contributed by atoms with Crippen molar-refractivity contribution in [3.63, 3.8) is 0 Å². The number of fused-ring (bicyclic) bond motifs is 1. The standard InChI is InChI=1S/C21H18N2O2/c22-14-18(20-11-10-17-8-4-5-9-19(17)23-20)21(24)12-13-25-15-16-6-2-1-3-7-16/h1-11,18H,12-13,15H2/t18-/m0/s1. The van der Waals surface area contributed by atoms with Gasteiger partial charge in [-0.05, 0) is 17.7 Å². The van der Waals surface area contributed by atoms with Gasteiger partial charge in [-0.25, -0.2) is 0 Å². The molecule has 0 aliphatic heterocycles. The lowest BCUT2D eigenvalue weighted by molar-refractivity contribution is -0.120. The second-order valence-corrected chi connectivity index (χ2v) is 5.75. The lowest BCUT2D eigenvalue weighted by Crippen LogP contribution is -2.14. The Morgan fingerprint density at radius 2 is 1.80 bits per heavy atom. The zero-order valence-electron chi connectivity index (χ0n) is 13.8. The van der Waals surface area contributed by atoms with Crippen LogP contribution in [-0.2, 0) is 16.1 Å². The molecule has 0 N–H and O–H groups in total. The summed E-state index contributed by atoms with van der Waals surface area (Å²) in [6.45, 7) is 0.749. The molecule has 1 heterocycles. The number of benzene rings is 2. The van der Waals surface area contributed by atoms with Crippen molar-refractivity contribution in [1.82, 2.24) is 4.98 Å². The third kappa shape index (κ3) is 4.28. The molecule has 1 atom stereocenters. The van der Waals surface area contributed by atoms with Gasteiger partial charge in [-0.1, -0.05) is 54.6 Å². The van der Waals surface area contributed by atoms with E-state index in [9.17, 15) is 10.1 Å². The van der Waals surface area contributed by atoms with Crippen molar-refractivity contribution in [3.8, 4) is 6.07 Å². The van der Waals surface area contributed by atoms with E-state index in [0.29, 0.717) is 18.9 Å². The van der Waals surface area contributed by atoms with E-state index in [2.05, 4.69) is 11.1 Å². The van der Waals surface area contributed by atoms with Crippen molar-refractivity contribution in [2.45, 2.75) is 18.9 Å². The molecule has 0 saturated heterocycles. The minimum Gasteiger partial charge on any atom is -0.376 e. The predicted octanol–water partition coefficient (Wildman–Crippen LogP) is 4.02. The van der Waals surface area contributed by atoms with Crippen LogP contribution in [0.2, 0.25) is 0 Å². The third-order valence-corrected chi connectivity index (χ3v) is 3.97. The van der Waals surface area contributed by atoms with Crippen molar-refractivity contribution in [1.29, 1.82) is 5.26 Å². The van der Waals surface area contributed by atoms with Gasteiger partial charge in [0, 0.05) is 11.8 Å². The second kappa shape index (κ2) is 8.18. The minimum atomic E-state index is -0.857. The highest BCUT2D eigenvalue weighted by molar-refractivity contribution is 5.89. The number of hydrogen-bond acceptors (Lipinski definition) is 4. The first-order chi connectivity index (χ1) is 12.3. The molecule has 0 amide bonds. The number of ether oxygens (including phenoxy) is 1. The minimum absolute atomic E-state index is 0.168. The zero-order valence-corrected chi connectivity index (χ0v) is 13.8. The molecule has 0 radical (unpaired) electrons. The summed E-state index contributed by atoms with van der Waals surface area (Å²) < 4.78 is 5.54. The molecule has 0 spiro atoms. The molecular weight excluding hydrogens is 312 g/mol. The van der Waals surface area contributed by atoms with E-state index in [-0.39, 0.29) is 12.2 Å². The second-order valence-electron chi connectivity index (χ2n) is 5.75. The van der Waals surface area contributed by atoms with Crippen LogP contribution in [0.4, 0.5) is 0 Å². The van der Waals surface area contributed by atoms with Crippen LogP contribution < -0.4 is 0 Å². The van der Waals surface area contributed by atoms with Crippen LogP contribution in [0.5, 0.6) is 0 Å². The first kappa shape index (κ1) is 16.8. The first-order valence-electron chi connectivity index (χ1n) is 8.17. The Hall–Kier alpha value is -3.03. The molecule has 0 unspecified atom stereocenters. The maximum atomic E-state index is 12.4. The SMILES string of the molecule is N#C[C@H](C(=O)CCOCc1ccccc1)c1ccc2ccccc2n1. The summed E-state index contributed by atoms with van der Waals surface area (Å²) in [5, 5.41) is 10.4. The van der Waals surface area contributed by atoms with E-state index >= 15 is 0 Å². The molecule has 0 saturated carbocycles. The van der Waals surface area contributed by atoms with Crippen LogP contribution in [0.25, 0.3) is 10.9 Å². The monoisotopic (exact) mass is 330 g/mol. The number of carbonyl (C=O) groups is 1. The molecule has 4 heteroatoms. The van der Waals surface area contributed by atoms with Crippen LogP contribution in [0.3, 0.4) is 0 Å². The maximum absolute atomic E-state index is 12.4. The molecular formula is C21H18N2O2. The van der Waals surface area contributed by atoms with E-state index in [1.165, 1.54) is 0 Å². The fourth-order valence-corrected chi connectivity index (χ4v) is 2.63. The van der Waals surface area contributed by atoms with Gasteiger partial charge in [-0.2, -0.15) is 5.26 Å². The summed E-state index contributed by atoms with van der Waals surface area (Å²) in [5.74, 6) is -1.02. The third-order valence-electron chi connectivity index (χ3n) is 3.97. The molecule has 2 aromatic carbocycles. The fourth-order valence-electron chi connectivity index (χ4n) is 2.63. The predicted molar refractivity (Wildman–Crippen MR) is 95.8 cm³/mol. The summed E-state index contributed by atoms with van der Waals surface area (Å²) in [4.78, 5) is 16.8. The Bertz CT molecular complexity index is 900. The van der Waals surface area contributed by atoms with Gasteiger partial charge in [-0.3, -0.25) is 9.78 Å². The average Bonchev–Trinajstić information content (AvgIpc) is 2.66. The highest BCUT2D eigenvalue weighted by Gasteiger charge is 2.21. The van der Waals surface area contributed by atoms with Gasteiger partial charge in [0.25, 0.3) is 0 Å². The number of Topliss-reactive ketones (excluding diaryl/α,β-unsaturated/α-hetero) is 1. The quantitative estimate of drug-likeness (QED) is 0.614. The van der Waals surface area contributed by atoms with Crippen LogP contribution >= 0.6 is 0 Å². The zero-order chi connectivity index (χ0) is 17.5. The number of aromatic nitrogens is 1. The van der Waals surface area contributed by atoms with E-state index in [4.69, 9.17) is 4.74 Å². The van der Waals surface area contributed by atoms with E-state index < -0.39 is 5.92 Å². The molecule has 1 aromatic heterocycles. The van der Waals surface area contributed by atoms with Gasteiger partial charge in [0.1, 0.15) is 5.92 Å². The summed E-state index contributed by atoms with van der Waals surface area (Å²) in [7, 11) is 0. The lowest BCUT2D eigenvalue weighted by Gasteiger charge is -2.09. The van der Waals surface area contributed by atoms with Crippen molar-refractivity contribution >= 4 is 16.7 Å². The number of para-hydroxylation sites is 1. The van der Waals surface area contributed by atoms with Gasteiger partial charge in [0.2, 0.25) is 0 Å². The summed E-state index contributed by atoms with van der Waals surface area (Å²) in [6.07, 6.45) is 0.194. The largest absolute Gasteiger partial charge is 0.376 e. The molecule has 0 aliphatic rings. The maximum Gasteiger partial charge on any atom is 0.158 e. The summed E-state index contributed by atoms with van der Waals surface area (Å²) >= 11 is 0. The average molecular weight is 330 g/mol. The Labute approximate surface area is 146 Å². The van der Waals surface area contributed by atoms with Gasteiger partial charge < -0.3 is 4.74 Å². The molecule has 124 valence electrons. The molecule has 4 nitrogen and oxygen atoms in total. The van der Waals surface area contributed by atoms with E-state index in [0.717, 1.165) is 16.5 Å². The smallest absolute Gasteiger partial charge is 0.158 e. The Balaban J connectivity index is 1.59. The number of nitrogens with zero attached hydrogens (tertiary/aromatic N) is 2. The molecule has 25 heavy (non-hydrogen) atoms. The summed E-state index contributed by atoms with van der Waals surface area (Å²) in [5.41, 5.74) is 2.34. The number of ketones is 1. The molecule has 0 bridgehead atoms. The Morgan fingerprint density at radius 3 is 2.60 bits per heavy atom. The van der Waals surface area contributed by atoms with Crippen molar-refractivity contribution in [2.75, 3.05) is 6.61 Å². The topological polar surface area (TPSA) is 63.0 Å². The summed E-state index contributed by atoms with van der Waals surface area (Å²) in [6, 6.07) is 23.1. The Morgan fingerprint density at radius 1 is 1.04 bits per heavy atom. The Kier molecular flexibility index (Phi) is 5.50. The van der Waals surface area contributed by atoms with Crippen molar-refractivity contribution in [3.05, 3.63) is 78.0 Å². The van der Waals surface area contributed by atoms with Crippen LogP contribution in [-0.4, -0.2) is 17.4 Å². The molecule has 3 rings (SSSR count). The highest BCUT2D eigenvalue weighted by Crippen LogP contribution is 2.20. The number of hydrogen-bond donors (Lipinski definition) is 0. The van der Waals surface area contributed by atoms with Gasteiger partial charge >= 0.3 is 0 Å². The van der Waals surface area contributed by atoms with E-state index in [1.807, 2.05) is 60.7 Å². The van der Waals surface area contributed by atoms with Crippen molar-refractivity contribution in [2.24, 2.45) is 0 Å². The van der Waals surface area contributed by atoms with Gasteiger partial charge in [-0.15, -0.1) is 0 Å². The lowest BCUT2D eigenvalue weighted by atomic mass is 9.98. The van der Waals surface area contributed by atoms with Gasteiger partial charge in [0.15, 0.2) is 5.78 Å². The van der Waals surface area contributed by atoms with Gasteiger partial charge in [0.05, 0.1) is 30.5 Å². The normalized spacial score (nSPS) is 11.8. The molecule has 0 aliphatic carbocycles. The fraction of sp³-hybridized carbons (Fsp3) is 0.190. The first-order valence-corrected chi connectivity index (χ1v) is 8.17.